The summed E-state index contributed by atoms with van der Waals surface area (Å²) in [7, 11) is -3.76. The Balaban J connectivity index is 1.32. The summed E-state index contributed by atoms with van der Waals surface area (Å²) >= 11 is 15.6. The lowest BCUT2D eigenvalue weighted by Gasteiger charge is -2.41. The summed E-state index contributed by atoms with van der Waals surface area (Å²) in [5.41, 5.74) is 1.30. The number of nitrogens with zero attached hydrogens (tertiary/aromatic N) is 3. The number of hydrogen-bond acceptors (Lipinski definition) is 4. The molecule has 2 fully saturated rings. The molecule has 2 aromatic rings. The van der Waals surface area contributed by atoms with Gasteiger partial charge in [-0.2, -0.15) is 4.31 Å². The maximum Gasteiger partial charge on any atom is 0.244 e. The first-order chi connectivity index (χ1) is 16.7. The summed E-state index contributed by atoms with van der Waals surface area (Å²) in [6.45, 7) is 5.85. The van der Waals surface area contributed by atoms with Crippen molar-refractivity contribution in [2.45, 2.75) is 37.1 Å². The summed E-state index contributed by atoms with van der Waals surface area (Å²) in [6.07, 6.45) is 2.03. The number of carbonyl (C=O) groups is 1. The molecule has 0 spiro atoms. The number of halogens is 3. The van der Waals surface area contributed by atoms with Crippen LogP contribution in [0.25, 0.3) is 0 Å². The third-order valence-electron chi connectivity index (χ3n) is 7.02. The third kappa shape index (κ3) is 6.05. The number of piperazine rings is 1. The molecule has 190 valence electrons. The van der Waals surface area contributed by atoms with Gasteiger partial charge in [0.15, 0.2) is 0 Å². The van der Waals surface area contributed by atoms with Crippen LogP contribution in [0.5, 0.6) is 0 Å². The quantitative estimate of drug-likeness (QED) is 0.441. The van der Waals surface area contributed by atoms with Crippen molar-refractivity contribution < 1.29 is 13.2 Å². The first kappa shape index (κ1) is 26.9. The van der Waals surface area contributed by atoms with E-state index in [2.05, 4.69) is 52.0 Å². The minimum atomic E-state index is -3.76. The SMILES string of the molecule is CCC(c1ccc(Br)cc1)N1CCN(C(=O)C2CCN(S(=O)(=O)c3cc(Cl)ccc3Cl)CC2)CC1. The van der Waals surface area contributed by atoms with E-state index in [1.54, 1.807) is 6.07 Å². The Morgan fingerprint density at radius 1 is 1.00 bits per heavy atom. The van der Waals surface area contributed by atoms with Crippen LogP contribution in [0.1, 0.15) is 37.8 Å². The highest BCUT2D eigenvalue weighted by Gasteiger charge is 2.36. The molecule has 0 aliphatic carbocycles. The van der Waals surface area contributed by atoms with Crippen molar-refractivity contribution in [3.63, 3.8) is 0 Å². The summed E-state index contributed by atoms with van der Waals surface area (Å²) in [4.78, 5) is 17.7. The topological polar surface area (TPSA) is 60.9 Å². The molecule has 0 bridgehead atoms. The number of amides is 1. The van der Waals surface area contributed by atoms with E-state index in [-0.39, 0.29) is 21.7 Å². The van der Waals surface area contributed by atoms with Gasteiger partial charge in [0.1, 0.15) is 4.90 Å². The van der Waals surface area contributed by atoms with Crippen LogP contribution in [0.3, 0.4) is 0 Å². The van der Waals surface area contributed by atoms with Gasteiger partial charge in [-0.1, -0.05) is 58.2 Å². The molecule has 2 saturated heterocycles. The average Bonchev–Trinajstić information content (AvgIpc) is 2.87. The van der Waals surface area contributed by atoms with E-state index < -0.39 is 10.0 Å². The normalized spacial score (nSPS) is 19.6. The van der Waals surface area contributed by atoms with Gasteiger partial charge in [-0.15, -0.1) is 0 Å². The van der Waals surface area contributed by atoms with Gasteiger partial charge in [-0.05, 0) is 55.2 Å². The molecule has 6 nitrogen and oxygen atoms in total. The molecule has 2 aliphatic heterocycles. The number of sulfonamides is 1. The molecule has 10 heteroatoms. The Morgan fingerprint density at radius 2 is 1.63 bits per heavy atom. The highest BCUT2D eigenvalue weighted by molar-refractivity contribution is 9.10. The molecule has 1 unspecified atom stereocenters. The fourth-order valence-corrected chi connectivity index (χ4v) is 7.53. The van der Waals surface area contributed by atoms with Crippen molar-refractivity contribution in [2.24, 2.45) is 5.92 Å². The van der Waals surface area contributed by atoms with Crippen LogP contribution in [0.15, 0.2) is 51.8 Å². The van der Waals surface area contributed by atoms with Gasteiger partial charge >= 0.3 is 0 Å². The third-order valence-corrected chi connectivity index (χ3v) is 10.2. The Hall–Kier alpha value is -1.16. The Kier molecular flexibility index (Phi) is 8.82. The van der Waals surface area contributed by atoms with Gasteiger partial charge in [-0.25, -0.2) is 8.42 Å². The largest absolute Gasteiger partial charge is 0.340 e. The maximum absolute atomic E-state index is 13.2. The van der Waals surface area contributed by atoms with E-state index in [4.69, 9.17) is 23.2 Å². The molecule has 2 aromatic carbocycles. The Bertz CT molecular complexity index is 1150. The minimum absolute atomic E-state index is 0.0174. The van der Waals surface area contributed by atoms with Crippen LogP contribution < -0.4 is 0 Å². The molecule has 1 atom stereocenters. The molecule has 0 saturated carbocycles. The van der Waals surface area contributed by atoms with Gasteiger partial charge in [0, 0.05) is 60.7 Å². The van der Waals surface area contributed by atoms with E-state index in [1.807, 2.05) is 4.90 Å². The number of piperidine rings is 1. The lowest BCUT2D eigenvalue weighted by molar-refractivity contribution is -0.138. The molecular formula is C25H30BrCl2N3O3S. The lowest BCUT2D eigenvalue weighted by atomic mass is 9.96. The van der Waals surface area contributed by atoms with E-state index in [0.717, 1.165) is 24.0 Å². The second-order valence-electron chi connectivity index (χ2n) is 9.09. The van der Waals surface area contributed by atoms with E-state index in [1.165, 1.54) is 22.0 Å². The second kappa shape index (κ2) is 11.5. The van der Waals surface area contributed by atoms with Gasteiger partial charge in [0.2, 0.25) is 15.9 Å². The molecule has 2 aliphatic rings. The zero-order chi connectivity index (χ0) is 25.2. The number of carbonyl (C=O) groups excluding carboxylic acids is 1. The molecule has 0 aromatic heterocycles. The Morgan fingerprint density at radius 3 is 2.23 bits per heavy atom. The maximum atomic E-state index is 13.2. The predicted octanol–water partition coefficient (Wildman–Crippen LogP) is 5.45. The van der Waals surface area contributed by atoms with Crippen molar-refractivity contribution in [2.75, 3.05) is 39.3 Å². The van der Waals surface area contributed by atoms with Crippen LogP contribution in [0.2, 0.25) is 10.0 Å². The highest BCUT2D eigenvalue weighted by Crippen LogP contribution is 2.31. The summed E-state index contributed by atoms with van der Waals surface area (Å²) in [5.74, 6) is -0.0181. The second-order valence-corrected chi connectivity index (χ2v) is 12.8. The summed E-state index contributed by atoms with van der Waals surface area (Å²) < 4.78 is 28.6. The molecule has 0 radical (unpaired) electrons. The van der Waals surface area contributed by atoms with Crippen molar-refractivity contribution >= 4 is 55.1 Å². The monoisotopic (exact) mass is 601 g/mol. The first-order valence-electron chi connectivity index (χ1n) is 11.9. The van der Waals surface area contributed by atoms with Crippen molar-refractivity contribution in [3.05, 3.63) is 62.5 Å². The van der Waals surface area contributed by atoms with Gasteiger partial charge in [-0.3, -0.25) is 9.69 Å². The van der Waals surface area contributed by atoms with Gasteiger partial charge in [0.05, 0.1) is 5.02 Å². The molecule has 1 amide bonds. The van der Waals surface area contributed by atoms with Crippen molar-refractivity contribution in [1.82, 2.24) is 14.1 Å². The number of rotatable bonds is 6. The number of hydrogen-bond donors (Lipinski definition) is 0. The molecule has 0 N–H and O–H groups in total. The Labute approximate surface area is 226 Å². The van der Waals surface area contributed by atoms with Crippen LogP contribution in [0, 0.1) is 5.92 Å². The van der Waals surface area contributed by atoms with Gasteiger partial charge < -0.3 is 4.90 Å². The minimum Gasteiger partial charge on any atom is -0.340 e. The van der Waals surface area contributed by atoms with E-state index >= 15 is 0 Å². The summed E-state index contributed by atoms with van der Waals surface area (Å²) in [5, 5.41) is 0.474. The fraction of sp³-hybridized carbons (Fsp3) is 0.480. The van der Waals surface area contributed by atoms with Crippen LogP contribution in [-0.2, 0) is 14.8 Å². The number of benzene rings is 2. The highest BCUT2D eigenvalue weighted by atomic mass is 79.9. The molecule has 4 rings (SSSR count). The van der Waals surface area contributed by atoms with Gasteiger partial charge in [0.25, 0.3) is 0 Å². The zero-order valence-corrected chi connectivity index (χ0v) is 23.6. The van der Waals surface area contributed by atoms with Crippen LogP contribution >= 0.6 is 39.1 Å². The molecular weight excluding hydrogens is 573 g/mol. The predicted molar refractivity (Wildman–Crippen MR) is 143 cm³/mol. The lowest BCUT2D eigenvalue weighted by Crippen LogP contribution is -2.52. The van der Waals surface area contributed by atoms with E-state index in [0.29, 0.717) is 50.1 Å². The smallest absolute Gasteiger partial charge is 0.244 e. The van der Waals surface area contributed by atoms with E-state index in [9.17, 15) is 13.2 Å². The molecule has 2 heterocycles. The standard InChI is InChI=1S/C25H30BrCl2N3O3S/c1-2-23(18-3-5-20(26)6-4-18)29-13-15-30(16-14-29)25(32)19-9-11-31(12-10-19)35(33,34)24-17-21(27)7-8-22(24)28/h3-8,17,19,23H,2,9-16H2,1H3. The van der Waals surface area contributed by atoms with Crippen LogP contribution in [0.4, 0.5) is 0 Å². The van der Waals surface area contributed by atoms with Crippen molar-refractivity contribution in [3.8, 4) is 0 Å². The summed E-state index contributed by atoms with van der Waals surface area (Å²) in [6, 6.07) is 13.2. The fourth-order valence-electron chi connectivity index (χ4n) is 5.06. The van der Waals surface area contributed by atoms with Crippen molar-refractivity contribution in [1.29, 1.82) is 0 Å². The van der Waals surface area contributed by atoms with Crippen LogP contribution in [-0.4, -0.2) is 67.7 Å². The molecule has 35 heavy (non-hydrogen) atoms. The average molecular weight is 603 g/mol. The first-order valence-corrected chi connectivity index (χ1v) is 14.9. The zero-order valence-electron chi connectivity index (χ0n) is 19.7.